The lowest BCUT2D eigenvalue weighted by molar-refractivity contribution is 0.0704. The summed E-state index contributed by atoms with van der Waals surface area (Å²) in [5, 5.41) is 19.8. The molecule has 3 aromatic heterocycles. The second-order valence-corrected chi connectivity index (χ2v) is 6.45. The Morgan fingerprint density at radius 3 is 2.68 bits per heavy atom. The number of hydrogen-bond donors (Lipinski definition) is 1. The van der Waals surface area contributed by atoms with Gasteiger partial charge >= 0.3 is 0 Å². The normalized spacial score (nSPS) is 15.7. The fourth-order valence-corrected chi connectivity index (χ4v) is 3.18. The molecular formula is C16H20N8O. The van der Waals surface area contributed by atoms with Crippen molar-refractivity contribution in [1.29, 1.82) is 0 Å². The van der Waals surface area contributed by atoms with E-state index in [0.717, 1.165) is 30.1 Å². The fraction of sp³-hybridized carbons (Fsp3) is 0.438. The van der Waals surface area contributed by atoms with Gasteiger partial charge in [0, 0.05) is 39.3 Å². The Balaban J connectivity index is 1.52. The first-order valence-electron chi connectivity index (χ1n) is 8.32. The van der Waals surface area contributed by atoms with E-state index in [1.807, 2.05) is 40.5 Å². The van der Waals surface area contributed by atoms with Gasteiger partial charge in [-0.1, -0.05) is 0 Å². The third-order valence-electron chi connectivity index (χ3n) is 4.61. The Hall–Kier alpha value is -2.97. The summed E-state index contributed by atoms with van der Waals surface area (Å²) in [6.45, 7) is 1.37. The zero-order chi connectivity index (χ0) is 17.4. The molecular weight excluding hydrogens is 320 g/mol. The summed E-state index contributed by atoms with van der Waals surface area (Å²) < 4.78 is 1.83. The average molecular weight is 340 g/mol. The molecule has 0 saturated carbocycles. The van der Waals surface area contributed by atoms with E-state index in [-0.39, 0.29) is 11.8 Å². The lowest BCUT2D eigenvalue weighted by Crippen LogP contribution is -2.38. The number of aromatic amines is 1. The third-order valence-corrected chi connectivity index (χ3v) is 4.61. The molecule has 0 aromatic carbocycles. The molecule has 0 bridgehead atoms. The number of rotatable bonds is 3. The number of nitrogens with one attached hydrogen (secondary N) is 1. The van der Waals surface area contributed by atoms with Crippen molar-refractivity contribution in [3.63, 3.8) is 0 Å². The minimum absolute atomic E-state index is 0.00456. The highest BCUT2D eigenvalue weighted by Gasteiger charge is 2.28. The van der Waals surface area contributed by atoms with Gasteiger partial charge in [0.05, 0.1) is 0 Å². The zero-order valence-electron chi connectivity index (χ0n) is 14.3. The molecule has 9 heteroatoms. The molecule has 1 amide bonds. The summed E-state index contributed by atoms with van der Waals surface area (Å²) in [4.78, 5) is 16.2. The van der Waals surface area contributed by atoms with Gasteiger partial charge in [-0.05, 0) is 31.0 Å². The number of piperidine rings is 1. The van der Waals surface area contributed by atoms with Gasteiger partial charge in [0.25, 0.3) is 5.91 Å². The quantitative estimate of drug-likeness (QED) is 0.762. The van der Waals surface area contributed by atoms with E-state index >= 15 is 0 Å². The molecule has 1 aliphatic rings. The predicted octanol–water partition coefficient (Wildman–Crippen LogP) is 0.933. The van der Waals surface area contributed by atoms with Crippen molar-refractivity contribution in [2.45, 2.75) is 18.8 Å². The molecule has 0 unspecified atom stereocenters. The number of likely N-dealkylation sites (tertiary alicyclic amines) is 1. The molecule has 9 nitrogen and oxygen atoms in total. The molecule has 0 radical (unpaired) electrons. The van der Waals surface area contributed by atoms with E-state index in [1.165, 1.54) is 0 Å². The molecule has 4 rings (SSSR count). The van der Waals surface area contributed by atoms with Gasteiger partial charge in [-0.2, -0.15) is 9.61 Å². The van der Waals surface area contributed by atoms with Crippen molar-refractivity contribution in [3.8, 4) is 0 Å². The summed E-state index contributed by atoms with van der Waals surface area (Å²) in [6, 6.07) is 5.56. The number of amides is 1. The summed E-state index contributed by atoms with van der Waals surface area (Å²) >= 11 is 0. The highest BCUT2D eigenvalue weighted by atomic mass is 16.2. The average Bonchev–Trinajstić information content (AvgIpc) is 3.30. The van der Waals surface area contributed by atoms with Crippen molar-refractivity contribution in [2.24, 2.45) is 0 Å². The molecule has 0 aliphatic carbocycles. The van der Waals surface area contributed by atoms with Crippen molar-refractivity contribution in [2.75, 3.05) is 32.1 Å². The van der Waals surface area contributed by atoms with Crippen molar-refractivity contribution < 1.29 is 4.79 Å². The van der Waals surface area contributed by atoms with E-state index in [4.69, 9.17) is 0 Å². The monoisotopic (exact) mass is 340 g/mol. The van der Waals surface area contributed by atoms with Crippen LogP contribution in [0.2, 0.25) is 0 Å². The van der Waals surface area contributed by atoms with Crippen LogP contribution in [0.15, 0.2) is 24.4 Å². The number of anilines is 1. The van der Waals surface area contributed by atoms with Crippen LogP contribution in [0.3, 0.4) is 0 Å². The van der Waals surface area contributed by atoms with E-state index in [2.05, 4.69) is 25.5 Å². The number of fused-ring (bicyclic) bond motifs is 1. The Kier molecular flexibility index (Phi) is 3.83. The Morgan fingerprint density at radius 2 is 2.00 bits per heavy atom. The van der Waals surface area contributed by atoms with Crippen LogP contribution in [-0.2, 0) is 0 Å². The van der Waals surface area contributed by atoms with Gasteiger partial charge in [0.2, 0.25) is 0 Å². The molecule has 1 aliphatic heterocycles. The number of nitrogens with zero attached hydrogens (tertiary/aromatic N) is 7. The van der Waals surface area contributed by atoms with Crippen LogP contribution in [0.1, 0.15) is 35.1 Å². The molecule has 25 heavy (non-hydrogen) atoms. The summed E-state index contributed by atoms with van der Waals surface area (Å²) in [6.07, 6.45) is 3.28. The topological polar surface area (TPSA) is 95.3 Å². The van der Waals surface area contributed by atoms with Crippen LogP contribution in [0.25, 0.3) is 5.65 Å². The first kappa shape index (κ1) is 15.6. The van der Waals surface area contributed by atoms with E-state index in [1.54, 1.807) is 12.3 Å². The van der Waals surface area contributed by atoms with Crippen molar-refractivity contribution in [1.82, 2.24) is 34.9 Å². The van der Waals surface area contributed by atoms with E-state index < -0.39 is 0 Å². The van der Waals surface area contributed by atoms with Crippen LogP contribution in [-0.4, -0.2) is 68.0 Å². The molecule has 3 aromatic rings. The number of H-pyrrole nitrogens is 1. The van der Waals surface area contributed by atoms with Crippen LogP contribution in [0.4, 0.5) is 5.82 Å². The molecule has 1 saturated heterocycles. The van der Waals surface area contributed by atoms with Crippen LogP contribution in [0, 0.1) is 0 Å². The molecule has 130 valence electrons. The van der Waals surface area contributed by atoms with Crippen LogP contribution >= 0.6 is 0 Å². The van der Waals surface area contributed by atoms with Gasteiger partial charge in [0.1, 0.15) is 11.5 Å². The minimum atomic E-state index is -0.00456. The lowest BCUT2D eigenvalue weighted by atomic mass is 9.96. The van der Waals surface area contributed by atoms with Gasteiger partial charge in [-0.15, -0.1) is 15.3 Å². The SMILES string of the molecule is CN(C)c1ccc2nnc(C3CCN(C(=O)c4ccn[nH]4)CC3)n2n1. The number of carbonyl (C=O) groups is 1. The Bertz CT molecular complexity index is 877. The zero-order valence-corrected chi connectivity index (χ0v) is 14.3. The third kappa shape index (κ3) is 2.81. The minimum Gasteiger partial charge on any atom is -0.361 e. The molecule has 0 atom stereocenters. The predicted molar refractivity (Wildman–Crippen MR) is 91.6 cm³/mol. The fourth-order valence-electron chi connectivity index (χ4n) is 3.18. The maximum atomic E-state index is 12.4. The van der Waals surface area contributed by atoms with Gasteiger partial charge in [0.15, 0.2) is 11.5 Å². The summed E-state index contributed by atoms with van der Waals surface area (Å²) in [7, 11) is 3.91. The molecule has 1 N–H and O–H groups in total. The van der Waals surface area contributed by atoms with Gasteiger partial charge < -0.3 is 9.80 Å². The number of carbonyl (C=O) groups excluding carboxylic acids is 1. The maximum Gasteiger partial charge on any atom is 0.271 e. The van der Waals surface area contributed by atoms with Crippen molar-refractivity contribution >= 4 is 17.4 Å². The summed E-state index contributed by atoms with van der Waals surface area (Å²) in [5.41, 5.74) is 1.28. The maximum absolute atomic E-state index is 12.4. The van der Waals surface area contributed by atoms with Gasteiger partial charge in [-0.3, -0.25) is 9.89 Å². The first-order valence-corrected chi connectivity index (χ1v) is 8.32. The lowest BCUT2D eigenvalue weighted by Gasteiger charge is -2.30. The van der Waals surface area contributed by atoms with Crippen LogP contribution < -0.4 is 4.90 Å². The largest absolute Gasteiger partial charge is 0.361 e. The highest BCUT2D eigenvalue weighted by Crippen LogP contribution is 2.27. The highest BCUT2D eigenvalue weighted by molar-refractivity contribution is 5.92. The Morgan fingerprint density at radius 1 is 1.20 bits per heavy atom. The number of aromatic nitrogens is 6. The Labute approximate surface area is 144 Å². The second-order valence-electron chi connectivity index (χ2n) is 6.45. The van der Waals surface area contributed by atoms with E-state index in [9.17, 15) is 4.79 Å². The van der Waals surface area contributed by atoms with Gasteiger partial charge in [-0.25, -0.2) is 0 Å². The van der Waals surface area contributed by atoms with Crippen molar-refractivity contribution in [3.05, 3.63) is 35.9 Å². The van der Waals surface area contributed by atoms with E-state index in [0.29, 0.717) is 18.8 Å². The molecule has 4 heterocycles. The molecule has 0 spiro atoms. The van der Waals surface area contributed by atoms with Crippen LogP contribution in [0.5, 0.6) is 0 Å². The standard InChI is InChI=1S/C16H20N8O/c1-22(2)14-4-3-13-19-20-15(24(13)21-14)11-6-9-23(10-7-11)16(25)12-5-8-17-18-12/h3-5,8,11H,6-7,9-10H2,1-2H3,(H,17,18). The molecule has 1 fully saturated rings. The smallest absolute Gasteiger partial charge is 0.271 e. The summed E-state index contributed by atoms with van der Waals surface area (Å²) in [5.74, 6) is 1.97. The number of hydrogen-bond acceptors (Lipinski definition) is 6. The first-order chi connectivity index (χ1) is 12.1. The second kappa shape index (κ2) is 6.15.